The van der Waals surface area contributed by atoms with Gasteiger partial charge in [0.25, 0.3) is 10.1 Å². The van der Waals surface area contributed by atoms with Gasteiger partial charge in [-0.2, -0.15) is 8.42 Å². The number of rotatable bonds is 13. The Kier molecular flexibility index (Phi) is 14.8. The maximum Gasteiger partial charge on any atom is 2.00 e. The Bertz CT molecular complexity index is 714. The van der Waals surface area contributed by atoms with Crippen molar-refractivity contribution in [2.24, 2.45) is 0 Å². The maximum absolute atomic E-state index is 12.2. The standard InChI is InChI=1S/C20H30O7S.Ca.2H/c1-3-5-7-9-11-26-19(21)16-13-17(15-18(14-16)28(23,24)25)20(22)27-12-10-8-6-4-2;;;/h13-15H,3-12H2,1-2H3,(H,23,24,25);;;/q;+2;2*-1. The van der Waals surface area contributed by atoms with Crippen molar-refractivity contribution in [1.29, 1.82) is 0 Å². The SMILES string of the molecule is CCCCCCOC(=O)c1cc(C(=O)OCCCCCC)cc(S(=O)(=O)O)c1.[Ca+2].[H-].[H-]. The number of unbranched alkanes of at least 4 members (excludes halogenated alkanes) is 6. The molecule has 29 heavy (non-hydrogen) atoms. The third kappa shape index (κ3) is 11.3. The summed E-state index contributed by atoms with van der Waals surface area (Å²) >= 11 is 0. The summed E-state index contributed by atoms with van der Waals surface area (Å²) in [5.41, 5.74) is -0.243. The van der Waals surface area contributed by atoms with E-state index < -0.39 is 27.0 Å². The van der Waals surface area contributed by atoms with Gasteiger partial charge in [-0.1, -0.05) is 52.4 Å². The maximum atomic E-state index is 12.2. The Hall–Kier alpha value is -0.670. The van der Waals surface area contributed by atoms with Crippen LogP contribution < -0.4 is 0 Å². The van der Waals surface area contributed by atoms with Gasteiger partial charge < -0.3 is 12.3 Å². The Balaban J connectivity index is -0.00000261. The Morgan fingerprint density at radius 2 is 1.24 bits per heavy atom. The molecular formula is C20H32CaO7S. The minimum atomic E-state index is -4.60. The van der Waals surface area contributed by atoms with Crippen molar-refractivity contribution in [3.63, 3.8) is 0 Å². The second-order valence-electron chi connectivity index (χ2n) is 6.61. The molecule has 1 aromatic rings. The fourth-order valence-corrected chi connectivity index (χ4v) is 3.09. The van der Waals surface area contributed by atoms with Crippen LogP contribution in [-0.4, -0.2) is 75.9 Å². The van der Waals surface area contributed by atoms with Crippen LogP contribution in [0, 0.1) is 0 Å². The van der Waals surface area contributed by atoms with Gasteiger partial charge in [0.2, 0.25) is 0 Å². The fraction of sp³-hybridized carbons (Fsp3) is 0.600. The van der Waals surface area contributed by atoms with E-state index in [-0.39, 0.29) is 64.9 Å². The molecular weight excluding hydrogens is 424 g/mol. The van der Waals surface area contributed by atoms with E-state index in [4.69, 9.17) is 9.47 Å². The molecule has 0 unspecified atom stereocenters. The Morgan fingerprint density at radius 3 is 1.59 bits per heavy atom. The molecule has 0 radical (unpaired) electrons. The summed E-state index contributed by atoms with van der Waals surface area (Å²) in [5, 5.41) is 0. The summed E-state index contributed by atoms with van der Waals surface area (Å²) in [6.45, 7) is 4.53. The average Bonchev–Trinajstić information content (AvgIpc) is 2.66. The summed E-state index contributed by atoms with van der Waals surface area (Å²) in [4.78, 5) is 23.9. The molecule has 0 amide bonds. The van der Waals surface area contributed by atoms with Crippen LogP contribution in [0.2, 0.25) is 0 Å². The van der Waals surface area contributed by atoms with Crippen LogP contribution in [0.15, 0.2) is 23.1 Å². The van der Waals surface area contributed by atoms with E-state index >= 15 is 0 Å². The van der Waals surface area contributed by atoms with Gasteiger partial charge in [0.05, 0.1) is 29.2 Å². The van der Waals surface area contributed by atoms with Gasteiger partial charge in [-0.25, -0.2) is 9.59 Å². The number of carbonyl (C=O) groups excluding carboxylic acids is 2. The molecule has 9 heteroatoms. The summed E-state index contributed by atoms with van der Waals surface area (Å²) < 4.78 is 42.6. The van der Waals surface area contributed by atoms with Crippen molar-refractivity contribution in [3.8, 4) is 0 Å². The molecule has 0 aliphatic rings. The number of benzene rings is 1. The quantitative estimate of drug-likeness (QED) is 0.205. The number of esters is 2. The van der Waals surface area contributed by atoms with E-state index in [9.17, 15) is 22.6 Å². The van der Waals surface area contributed by atoms with Crippen molar-refractivity contribution in [2.75, 3.05) is 13.2 Å². The monoisotopic (exact) mass is 456 g/mol. The molecule has 0 aromatic heterocycles. The first-order chi connectivity index (χ1) is 13.3. The minimum absolute atomic E-state index is 0. The molecule has 0 spiro atoms. The first-order valence-electron chi connectivity index (χ1n) is 9.76. The molecule has 1 N–H and O–H groups in total. The fourth-order valence-electron chi connectivity index (χ4n) is 2.54. The zero-order valence-electron chi connectivity index (χ0n) is 19.3. The number of hydrogen-bond donors (Lipinski definition) is 1. The number of hydrogen-bond acceptors (Lipinski definition) is 6. The molecule has 162 valence electrons. The van der Waals surface area contributed by atoms with Crippen LogP contribution in [0.25, 0.3) is 0 Å². The predicted molar refractivity (Wildman–Crippen MR) is 113 cm³/mol. The molecule has 0 fully saturated rings. The zero-order valence-corrected chi connectivity index (χ0v) is 20.3. The second kappa shape index (κ2) is 15.2. The molecule has 0 aliphatic carbocycles. The molecule has 1 rings (SSSR count). The predicted octanol–water partition coefficient (Wildman–Crippen LogP) is 4.25. The molecule has 0 bridgehead atoms. The zero-order chi connectivity index (χ0) is 21.0. The van der Waals surface area contributed by atoms with Crippen LogP contribution in [0.1, 0.15) is 88.8 Å². The topological polar surface area (TPSA) is 107 Å². The van der Waals surface area contributed by atoms with Gasteiger partial charge in [-0.05, 0) is 31.0 Å². The molecule has 0 atom stereocenters. The first kappa shape index (κ1) is 28.3. The van der Waals surface area contributed by atoms with Gasteiger partial charge in [0.1, 0.15) is 0 Å². The molecule has 7 nitrogen and oxygen atoms in total. The summed E-state index contributed by atoms with van der Waals surface area (Å²) in [6.07, 6.45) is 7.40. The second-order valence-corrected chi connectivity index (χ2v) is 8.04. The number of ether oxygens (including phenoxy) is 2. The molecule has 0 aliphatic heterocycles. The molecule has 0 saturated heterocycles. The van der Waals surface area contributed by atoms with Crippen LogP contribution in [0.4, 0.5) is 0 Å². The summed E-state index contributed by atoms with van der Waals surface area (Å²) in [5.74, 6) is -1.50. The third-order valence-electron chi connectivity index (χ3n) is 4.14. The van der Waals surface area contributed by atoms with Crippen molar-refractivity contribution >= 4 is 59.8 Å². The largest absolute Gasteiger partial charge is 2.00 e. The molecule has 0 saturated carbocycles. The smallest absolute Gasteiger partial charge is 1.00 e. The Morgan fingerprint density at radius 1 is 0.828 bits per heavy atom. The van der Waals surface area contributed by atoms with Crippen molar-refractivity contribution in [3.05, 3.63) is 29.3 Å². The summed E-state index contributed by atoms with van der Waals surface area (Å²) in [7, 11) is -4.60. The van der Waals surface area contributed by atoms with Crippen LogP contribution >= 0.6 is 0 Å². The summed E-state index contributed by atoms with van der Waals surface area (Å²) in [6, 6.07) is 3.20. The van der Waals surface area contributed by atoms with E-state index in [1.165, 1.54) is 6.07 Å². The number of carbonyl (C=O) groups is 2. The molecule has 0 heterocycles. The normalized spacial score (nSPS) is 10.9. The van der Waals surface area contributed by atoms with Gasteiger partial charge in [0.15, 0.2) is 0 Å². The van der Waals surface area contributed by atoms with Gasteiger partial charge in [-0.3, -0.25) is 4.55 Å². The Labute approximate surface area is 206 Å². The minimum Gasteiger partial charge on any atom is -1.00 e. The first-order valence-corrected chi connectivity index (χ1v) is 11.2. The molecule has 1 aromatic carbocycles. The average molecular weight is 457 g/mol. The van der Waals surface area contributed by atoms with Crippen LogP contribution in [0.3, 0.4) is 0 Å². The van der Waals surface area contributed by atoms with Gasteiger partial charge in [-0.15, -0.1) is 0 Å². The van der Waals surface area contributed by atoms with E-state index in [0.29, 0.717) is 12.8 Å². The van der Waals surface area contributed by atoms with E-state index in [0.717, 1.165) is 50.7 Å². The van der Waals surface area contributed by atoms with Crippen LogP contribution in [0.5, 0.6) is 0 Å². The van der Waals surface area contributed by atoms with Crippen LogP contribution in [-0.2, 0) is 19.6 Å². The third-order valence-corrected chi connectivity index (χ3v) is 4.97. The van der Waals surface area contributed by atoms with Gasteiger partial charge in [0, 0.05) is 0 Å². The van der Waals surface area contributed by atoms with E-state index in [2.05, 4.69) is 13.8 Å². The van der Waals surface area contributed by atoms with Crippen molar-refractivity contribution in [2.45, 2.75) is 70.1 Å². The van der Waals surface area contributed by atoms with E-state index in [1.54, 1.807) is 0 Å². The van der Waals surface area contributed by atoms with Crippen molar-refractivity contribution in [1.82, 2.24) is 0 Å². The van der Waals surface area contributed by atoms with Crippen molar-refractivity contribution < 1.29 is 34.9 Å². The van der Waals surface area contributed by atoms with E-state index in [1.807, 2.05) is 0 Å². The van der Waals surface area contributed by atoms with Gasteiger partial charge >= 0.3 is 49.7 Å².